The standard InChI is InChI=1S/C30H39N5O2/c1-3-34(4-2)21-22-35(30(37)27-16-15-26(33-27)23-11-7-5-8-12-23)28(24-17-19-31-20-18-24)29(36)32-25-13-9-6-10-14-25/h5,7-8,11-12,15-20,25,28,33H,3-4,6,9-10,13-14,21-22H2,1-2H3,(H,32,36). The zero-order chi connectivity index (χ0) is 26.0. The number of nitrogens with zero attached hydrogens (tertiary/aromatic N) is 3. The van der Waals surface area contributed by atoms with Crippen LogP contribution in [0.15, 0.2) is 67.0 Å². The zero-order valence-corrected chi connectivity index (χ0v) is 22.0. The summed E-state index contributed by atoms with van der Waals surface area (Å²) in [5.74, 6) is -0.309. The van der Waals surface area contributed by atoms with Crippen molar-refractivity contribution in [3.63, 3.8) is 0 Å². The highest BCUT2D eigenvalue weighted by atomic mass is 16.2. The van der Waals surface area contributed by atoms with Crippen molar-refractivity contribution in [1.29, 1.82) is 0 Å². The van der Waals surface area contributed by atoms with Crippen molar-refractivity contribution in [2.45, 2.75) is 58.0 Å². The first-order chi connectivity index (χ1) is 18.1. The number of nitrogens with one attached hydrogen (secondary N) is 2. The van der Waals surface area contributed by atoms with Gasteiger partial charge in [-0.15, -0.1) is 0 Å². The molecule has 2 heterocycles. The molecule has 0 radical (unpaired) electrons. The molecule has 3 aromatic rings. The predicted octanol–water partition coefficient (Wildman–Crippen LogP) is 5.05. The molecule has 0 spiro atoms. The van der Waals surface area contributed by atoms with E-state index in [0.29, 0.717) is 18.8 Å². The number of amides is 2. The molecule has 1 atom stereocenters. The van der Waals surface area contributed by atoms with Gasteiger partial charge in [-0.3, -0.25) is 14.6 Å². The Morgan fingerprint density at radius 2 is 1.65 bits per heavy atom. The molecule has 0 aliphatic heterocycles. The Bertz CT molecular complexity index is 1120. The number of H-pyrrole nitrogens is 1. The minimum atomic E-state index is -0.739. The van der Waals surface area contributed by atoms with Gasteiger partial charge in [-0.25, -0.2) is 0 Å². The Labute approximate surface area is 220 Å². The van der Waals surface area contributed by atoms with Gasteiger partial charge in [0.25, 0.3) is 5.91 Å². The Hall–Kier alpha value is -3.45. The van der Waals surface area contributed by atoms with Crippen molar-refractivity contribution < 1.29 is 9.59 Å². The molecule has 1 saturated carbocycles. The molecule has 37 heavy (non-hydrogen) atoms. The molecule has 2 N–H and O–H groups in total. The molecule has 1 unspecified atom stereocenters. The second kappa shape index (κ2) is 13.2. The van der Waals surface area contributed by atoms with Crippen molar-refractivity contribution in [2.75, 3.05) is 26.2 Å². The van der Waals surface area contributed by atoms with E-state index in [1.54, 1.807) is 17.3 Å². The van der Waals surface area contributed by atoms with Crippen LogP contribution in [-0.2, 0) is 4.79 Å². The third-order valence-electron chi connectivity index (χ3n) is 7.35. The average molecular weight is 502 g/mol. The molecular weight excluding hydrogens is 462 g/mol. The first-order valence-corrected chi connectivity index (χ1v) is 13.6. The lowest BCUT2D eigenvalue weighted by Crippen LogP contribution is -2.49. The van der Waals surface area contributed by atoms with Crippen molar-refractivity contribution in [3.8, 4) is 11.3 Å². The molecule has 0 bridgehead atoms. The van der Waals surface area contributed by atoms with E-state index >= 15 is 0 Å². The van der Waals surface area contributed by atoms with Gasteiger partial charge < -0.3 is 20.1 Å². The van der Waals surface area contributed by atoms with Gasteiger partial charge in [0.2, 0.25) is 5.91 Å². The molecule has 1 fully saturated rings. The summed E-state index contributed by atoms with van der Waals surface area (Å²) in [4.78, 5) is 39.4. The van der Waals surface area contributed by atoms with Gasteiger partial charge in [0.15, 0.2) is 0 Å². The van der Waals surface area contributed by atoms with E-state index in [9.17, 15) is 9.59 Å². The third-order valence-corrected chi connectivity index (χ3v) is 7.35. The Kier molecular flexibility index (Phi) is 9.49. The van der Waals surface area contributed by atoms with Crippen LogP contribution in [-0.4, -0.2) is 63.8 Å². The zero-order valence-electron chi connectivity index (χ0n) is 22.0. The van der Waals surface area contributed by atoms with Crippen LogP contribution in [0.2, 0.25) is 0 Å². The van der Waals surface area contributed by atoms with Crippen LogP contribution in [0.5, 0.6) is 0 Å². The average Bonchev–Trinajstić information content (AvgIpc) is 3.44. The maximum Gasteiger partial charge on any atom is 0.271 e. The Balaban J connectivity index is 1.66. The largest absolute Gasteiger partial charge is 0.351 e. The van der Waals surface area contributed by atoms with Crippen molar-refractivity contribution in [3.05, 3.63) is 78.2 Å². The molecule has 1 aromatic carbocycles. The molecule has 2 aromatic heterocycles. The summed E-state index contributed by atoms with van der Waals surface area (Å²) in [6, 6.07) is 16.8. The van der Waals surface area contributed by atoms with E-state index < -0.39 is 6.04 Å². The highest BCUT2D eigenvalue weighted by molar-refractivity contribution is 5.97. The van der Waals surface area contributed by atoms with E-state index in [1.165, 1.54) is 6.42 Å². The van der Waals surface area contributed by atoms with E-state index in [2.05, 4.69) is 34.0 Å². The minimum absolute atomic E-state index is 0.124. The number of aromatic amines is 1. The number of rotatable bonds is 11. The minimum Gasteiger partial charge on any atom is -0.351 e. The summed E-state index contributed by atoms with van der Waals surface area (Å²) < 4.78 is 0. The molecular formula is C30H39N5O2. The second-order valence-electron chi connectivity index (χ2n) is 9.70. The second-order valence-corrected chi connectivity index (χ2v) is 9.70. The van der Waals surface area contributed by atoms with E-state index in [-0.39, 0.29) is 17.9 Å². The van der Waals surface area contributed by atoms with Gasteiger partial charge in [0, 0.05) is 37.2 Å². The number of pyridine rings is 1. The molecule has 1 aliphatic carbocycles. The molecule has 4 rings (SSSR count). The van der Waals surface area contributed by atoms with Gasteiger partial charge in [0.1, 0.15) is 11.7 Å². The molecule has 7 nitrogen and oxygen atoms in total. The van der Waals surface area contributed by atoms with Gasteiger partial charge in [0.05, 0.1) is 0 Å². The fourth-order valence-corrected chi connectivity index (χ4v) is 5.14. The summed E-state index contributed by atoms with van der Waals surface area (Å²) >= 11 is 0. The molecule has 7 heteroatoms. The van der Waals surface area contributed by atoms with Gasteiger partial charge >= 0.3 is 0 Å². The highest BCUT2D eigenvalue weighted by Gasteiger charge is 2.34. The van der Waals surface area contributed by atoms with Gasteiger partial charge in [-0.1, -0.05) is 63.4 Å². The van der Waals surface area contributed by atoms with E-state index in [1.807, 2.05) is 54.6 Å². The number of hydrogen-bond donors (Lipinski definition) is 2. The third kappa shape index (κ3) is 6.86. The number of aromatic nitrogens is 2. The van der Waals surface area contributed by atoms with E-state index in [4.69, 9.17) is 0 Å². The molecule has 196 valence electrons. The lowest BCUT2D eigenvalue weighted by molar-refractivity contribution is -0.127. The fraction of sp³-hybridized carbons (Fsp3) is 0.433. The Morgan fingerprint density at radius 3 is 2.32 bits per heavy atom. The molecule has 1 aliphatic rings. The highest BCUT2D eigenvalue weighted by Crippen LogP contribution is 2.26. The molecule has 2 amide bonds. The summed E-state index contributed by atoms with van der Waals surface area (Å²) in [6.45, 7) is 7.11. The predicted molar refractivity (Wildman–Crippen MR) is 147 cm³/mol. The smallest absolute Gasteiger partial charge is 0.271 e. The quantitative estimate of drug-likeness (QED) is 0.385. The van der Waals surface area contributed by atoms with Crippen LogP contribution >= 0.6 is 0 Å². The van der Waals surface area contributed by atoms with Crippen molar-refractivity contribution in [2.24, 2.45) is 0 Å². The lowest BCUT2D eigenvalue weighted by Gasteiger charge is -2.34. The van der Waals surface area contributed by atoms with Crippen LogP contribution in [0.25, 0.3) is 11.3 Å². The van der Waals surface area contributed by atoms with Crippen LogP contribution in [0.3, 0.4) is 0 Å². The van der Waals surface area contributed by atoms with Gasteiger partial charge in [-0.05, 0) is 61.3 Å². The number of carbonyl (C=O) groups is 2. The number of hydrogen-bond acceptors (Lipinski definition) is 4. The summed E-state index contributed by atoms with van der Waals surface area (Å²) in [6.07, 6.45) is 8.81. The topological polar surface area (TPSA) is 81.3 Å². The first-order valence-electron chi connectivity index (χ1n) is 13.6. The van der Waals surface area contributed by atoms with Crippen molar-refractivity contribution in [1.82, 2.24) is 25.1 Å². The summed E-state index contributed by atoms with van der Waals surface area (Å²) in [5, 5.41) is 3.27. The summed E-state index contributed by atoms with van der Waals surface area (Å²) in [7, 11) is 0. The molecule has 0 saturated heterocycles. The SMILES string of the molecule is CCN(CC)CCN(C(=O)c1ccc(-c2ccccc2)[nH]1)C(C(=O)NC1CCCCC1)c1ccncc1. The Morgan fingerprint density at radius 1 is 0.946 bits per heavy atom. The fourth-order valence-electron chi connectivity index (χ4n) is 5.14. The van der Waals surface area contributed by atoms with Crippen LogP contribution < -0.4 is 5.32 Å². The lowest BCUT2D eigenvalue weighted by atomic mass is 9.94. The van der Waals surface area contributed by atoms with E-state index in [0.717, 1.165) is 55.6 Å². The van der Waals surface area contributed by atoms with Gasteiger partial charge in [-0.2, -0.15) is 0 Å². The number of carbonyl (C=O) groups excluding carboxylic acids is 2. The maximum absolute atomic E-state index is 14.1. The normalized spacial score (nSPS) is 14.9. The van der Waals surface area contributed by atoms with Crippen LogP contribution in [0.4, 0.5) is 0 Å². The summed E-state index contributed by atoms with van der Waals surface area (Å²) in [5.41, 5.74) is 3.13. The number of benzene rings is 1. The maximum atomic E-state index is 14.1. The monoisotopic (exact) mass is 501 g/mol. The number of likely N-dealkylation sites (N-methyl/N-ethyl adjacent to an activating group) is 1. The first kappa shape index (κ1) is 26.6. The van der Waals surface area contributed by atoms with Crippen LogP contribution in [0.1, 0.15) is 68.0 Å². The van der Waals surface area contributed by atoms with Crippen molar-refractivity contribution >= 4 is 11.8 Å². The van der Waals surface area contributed by atoms with Crippen LogP contribution in [0, 0.1) is 0 Å².